The standard InChI is InChI=1S/C17H19F2NO3/c18-14-3-1-2-11(16(14)19)9-20(7-6-15(21)22)17(23)13-8-12(13)10-4-5-10/h1-3,10,12-13H,4-9H2,(H,21,22)/t12-,13-/m0/s1. The summed E-state index contributed by atoms with van der Waals surface area (Å²) in [5.41, 5.74) is 0.0763. The molecule has 0 aromatic heterocycles. The van der Waals surface area contributed by atoms with Crippen LogP contribution in [0.15, 0.2) is 18.2 Å². The van der Waals surface area contributed by atoms with Crippen LogP contribution in [0.3, 0.4) is 0 Å². The molecule has 0 radical (unpaired) electrons. The number of carboxylic acid groups (broad SMARTS) is 1. The first-order valence-corrected chi connectivity index (χ1v) is 7.91. The molecule has 2 saturated carbocycles. The molecule has 0 heterocycles. The first kappa shape index (κ1) is 15.9. The van der Waals surface area contributed by atoms with Crippen LogP contribution >= 0.6 is 0 Å². The van der Waals surface area contributed by atoms with E-state index in [9.17, 15) is 18.4 Å². The molecule has 2 aliphatic carbocycles. The monoisotopic (exact) mass is 323 g/mol. The number of amides is 1. The second-order valence-electron chi connectivity index (χ2n) is 6.46. The van der Waals surface area contributed by atoms with E-state index in [2.05, 4.69) is 0 Å². The van der Waals surface area contributed by atoms with Gasteiger partial charge in [-0.2, -0.15) is 0 Å². The molecule has 0 unspecified atom stereocenters. The molecule has 3 rings (SSSR count). The molecule has 0 bridgehead atoms. The van der Waals surface area contributed by atoms with Gasteiger partial charge in [-0.3, -0.25) is 9.59 Å². The summed E-state index contributed by atoms with van der Waals surface area (Å²) in [5.74, 6) is -2.15. The highest BCUT2D eigenvalue weighted by atomic mass is 19.2. The van der Waals surface area contributed by atoms with Crippen LogP contribution in [0.2, 0.25) is 0 Å². The quantitative estimate of drug-likeness (QED) is 0.839. The van der Waals surface area contributed by atoms with Gasteiger partial charge in [0.05, 0.1) is 6.42 Å². The fraction of sp³-hybridized carbons (Fsp3) is 0.529. The van der Waals surface area contributed by atoms with Crippen LogP contribution in [0, 0.1) is 29.4 Å². The van der Waals surface area contributed by atoms with Gasteiger partial charge < -0.3 is 10.0 Å². The molecule has 1 N–H and O–H groups in total. The highest BCUT2D eigenvalue weighted by Crippen LogP contribution is 2.55. The molecular weight excluding hydrogens is 304 g/mol. The van der Waals surface area contributed by atoms with E-state index in [1.807, 2.05) is 0 Å². The molecule has 1 aromatic rings. The van der Waals surface area contributed by atoms with Crippen LogP contribution in [0.25, 0.3) is 0 Å². The highest BCUT2D eigenvalue weighted by Gasteiger charge is 2.52. The zero-order chi connectivity index (χ0) is 16.6. The van der Waals surface area contributed by atoms with Gasteiger partial charge in [-0.25, -0.2) is 8.78 Å². The van der Waals surface area contributed by atoms with Gasteiger partial charge in [0.2, 0.25) is 5.91 Å². The molecule has 4 nitrogen and oxygen atoms in total. The van der Waals surface area contributed by atoms with Crippen molar-refractivity contribution < 1.29 is 23.5 Å². The van der Waals surface area contributed by atoms with E-state index in [0.29, 0.717) is 11.8 Å². The third-order valence-corrected chi connectivity index (χ3v) is 4.68. The Morgan fingerprint density at radius 3 is 2.65 bits per heavy atom. The van der Waals surface area contributed by atoms with E-state index in [1.54, 1.807) is 0 Å². The number of aliphatic carboxylic acids is 1. The van der Waals surface area contributed by atoms with Gasteiger partial charge in [0, 0.05) is 24.6 Å². The Morgan fingerprint density at radius 2 is 2.00 bits per heavy atom. The number of hydrogen-bond donors (Lipinski definition) is 1. The molecule has 1 amide bonds. The number of hydrogen-bond acceptors (Lipinski definition) is 2. The van der Waals surface area contributed by atoms with Crippen molar-refractivity contribution in [2.45, 2.75) is 32.2 Å². The Kier molecular flexibility index (Phi) is 4.33. The van der Waals surface area contributed by atoms with Crippen LogP contribution < -0.4 is 0 Å². The average Bonchev–Trinajstić information content (AvgIpc) is 3.37. The number of carboxylic acids is 1. The lowest BCUT2D eigenvalue weighted by Gasteiger charge is -2.23. The number of carbonyl (C=O) groups excluding carboxylic acids is 1. The van der Waals surface area contributed by atoms with Gasteiger partial charge in [-0.15, -0.1) is 0 Å². The number of benzene rings is 1. The van der Waals surface area contributed by atoms with Crippen molar-refractivity contribution in [3.05, 3.63) is 35.4 Å². The minimum absolute atomic E-state index is 0.0119. The Balaban J connectivity index is 1.71. The number of nitrogens with zero attached hydrogens (tertiary/aromatic N) is 1. The maximum Gasteiger partial charge on any atom is 0.305 e. The normalized spacial score (nSPS) is 22.7. The van der Waals surface area contributed by atoms with Gasteiger partial charge in [0.1, 0.15) is 0 Å². The van der Waals surface area contributed by atoms with Crippen LogP contribution in [0.1, 0.15) is 31.2 Å². The molecule has 1 aromatic carbocycles. The van der Waals surface area contributed by atoms with E-state index in [4.69, 9.17) is 5.11 Å². The molecule has 0 spiro atoms. The summed E-state index contributed by atoms with van der Waals surface area (Å²) in [4.78, 5) is 24.7. The van der Waals surface area contributed by atoms with Crippen molar-refractivity contribution in [3.8, 4) is 0 Å². The first-order chi connectivity index (χ1) is 11.0. The minimum Gasteiger partial charge on any atom is -0.481 e. The van der Waals surface area contributed by atoms with Crippen LogP contribution in [-0.4, -0.2) is 28.4 Å². The third-order valence-electron chi connectivity index (χ3n) is 4.68. The summed E-state index contributed by atoms with van der Waals surface area (Å²) in [6, 6.07) is 3.83. The Morgan fingerprint density at radius 1 is 1.26 bits per heavy atom. The van der Waals surface area contributed by atoms with Gasteiger partial charge >= 0.3 is 5.97 Å². The lowest BCUT2D eigenvalue weighted by molar-refractivity contribution is -0.139. The van der Waals surface area contributed by atoms with Crippen LogP contribution in [0.5, 0.6) is 0 Å². The largest absolute Gasteiger partial charge is 0.481 e. The fourth-order valence-corrected chi connectivity index (χ4v) is 3.15. The molecule has 2 aliphatic rings. The van der Waals surface area contributed by atoms with Crippen LogP contribution in [0.4, 0.5) is 8.78 Å². The lowest BCUT2D eigenvalue weighted by Crippen LogP contribution is -2.34. The summed E-state index contributed by atoms with van der Waals surface area (Å²) in [6.07, 6.45) is 2.94. The molecular formula is C17H19F2NO3. The lowest BCUT2D eigenvalue weighted by atomic mass is 10.1. The molecule has 0 aliphatic heterocycles. The second kappa shape index (κ2) is 6.26. The predicted molar refractivity (Wildman–Crippen MR) is 78.3 cm³/mol. The van der Waals surface area contributed by atoms with E-state index in [0.717, 1.165) is 25.3 Å². The fourth-order valence-electron chi connectivity index (χ4n) is 3.15. The van der Waals surface area contributed by atoms with E-state index < -0.39 is 17.6 Å². The Bertz CT molecular complexity index is 630. The Labute approximate surface area is 133 Å². The molecule has 0 saturated heterocycles. The summed E-state index contributed by atoms with van der Waals surface area (Å²) < 4.78 is 27.1. The van der Waals surface area contributed by atoms with Crippen molar-refractivity contribution in [2.24, 2.45) is 17.8 Å². The highest BCUT2D eigenvalue weighted by molar-refractivity contribution is 5.82. The smallest absolute Gasteiger partial charge is 0.305 e. The summed E-state index contributed by atoms with van der Waals surface area (Å²) >= 11 is 0. The summed E-state index contributed by atoms with van der Waals surface area (Å²) in [7, 11) is 0. The SMILES string of the molecule is O=C(O)CCN(Cc1cccc(F)c1F)C(=O)[C@H]1C[C@H]1C1CC1. The number of carbonyl (C=O) groups is 2. The minimum atomic E-state index is -1.02. The molecule has 6 heteroatoms. The van der Waals surface area contributed by atoms with E-state index in [-0.39, 0.29) is 36.9 Å². The average molecular weight is 323 g/mol. The predicted octanol–water partition coefficient (Wildman–Crippen LogP) is 2.81. The molecule has 124 valence electrons. The van der Waals surface area contributed by atoms with Crippen molar-refractivity contribution in [1.82, 2.24) is 4.90 Å². The van der Waals surface area contributed by atoms with Crippen molar-refractivity contribution in [1.29, 1.82) is 0 Å². The number of rotatable bonds is 7. The topological polar surface area (TPSA) is 57.6 Å². The Hall–Kier alpha value is -1.98. The number of halogens is 2. The molecule has 2 atom stereocenters. The van der Waals surface area contributed by atoms with Gasteiger partial charge in [-0.05, 0) is 37.2 Å². The van der Waals surface area contributed by atoms with Gasteiger partial charge in [0.15, 0.2) is 11.6 Å². The van der Waals surface area contributed by atoms with Crippen LogP contribution in [-0.2, 0) is 16.1 Å². The van der Waals surface area contributed by atoms with Crippen molar-refractivity contribution >= 4 is 11.9 Å². The third kappa shape index (κ3) is 3.68. The van der Waals surface area contributed by atoms with Crippen molar-refractivity contribution in [2.75, 3.05) is 6.54 Å². The molecule has 23 heavy (non-hydrogen) atoms. The van der Waals surface area contributed by atoms with Gasteiger partial charge in [0.25, 0.3) is 0 Å². The maximum atomic E-state index is 13.8. The first-order valence-electron chi connectivity index (χ1n) is 7.91. The van der Waals surface area contributed by atoms with E-state index >= 15 is 0 Å². The molecule has 2 fully saturated rings. The van der Waals surface area contributed by atoms with Crippen molar-refractivity contribution in [3.63, 3.8) is 0 Å². The summed E-state index contributed by atoms with van der Waals surface area (Å²) in [6.45, 7) is -0.0817. The maximum absolute atomic E-state index is 13.8. The second-order valence-corrected chi connectivity index (χ2v) is 6.46. The zero-order valence-corrected chi connectivity index (χ0v) is 12.7. The summed E-state index contributed by atoms with van der Waals surface area (Å²) in [5, 5.41) is 8.84. The van der Waals surface area contributed by atoms with Gasteiger partial charge in [-0.1, -0.05) is 12.1 Å². The zero-order valence-electron chi connectivity index (χ0n) is 12.7. The van der Waals surface area contributed by atoms with E-state index in [1.165, 1.54) is 17.0 Å².